The topological polar surface area (TPSA) is 63.4 Å². The third-order valence-electron chi connectivity index (χ3n) is 3.51. The van der Waals surface area contributed by atoms with Gasteiger partial charge < -0.3 is 5.73 Å². The highest BCUT2D eigenvalue weighted by Crippen LogP contribution is 2.34. The van der Waals surface area contributed by atoms with E-state index in [9.17, 15) is 9.59 Å². The molecule has 0 unspecified atom stereocenters. The molecule has 5 heteroatoms. The number of imide groups is 1. The molecule has 2 N–H and O–H groups in total. The zero-order valence-electron chi connectivity index (χ0n) is 10.6. The van der Waals surface area contributed by atoms with Gasteiger partial charge in [-0.3, -0.25) is 14.5 Å². The summed E-state index contributed by atoms with van der Waals surface area (Å²) in [6, 6.07) is 0. The Balaban J connectivity index is 2.04. The van der Waals surface area contributed by atoms with Crippen LogP contribution in [0.5, 0.6) is 0 Å². The maximum Gasteiger partial charge on any atom is 0.293 e. The molecule has 1 saturated heterocycles. The first-order chi connectivity index (χ1) is 8.72. The minimum atomic E-state index is -0.176. The quantitative estimate of drug-likeness (QED) is 0.631. The summed E-state index contributed by atoms with van der Waals surface area (Å²) >= 11 is 1.07. The summed E-state index contributed by atoms with van der Waals surface area (Å²) in [4.78, 5) is 25.6. The van der Waals surface area contributed by atoms with E-state index in [0.29, 0.717) is 23.9 Å². The van der Waals surface area contributed by atoms with Crippen LogP contribution in [0.15, 0.2) is 11.0 Å². The molecule has 0 aromatic carbocycles. The van der Waals surface area contributed by atoms with Crippen LogP contribution in [-0.4, -0.2) is 29.1 Å². The zero-order valence-corrected chi connectivity index (χ0v) is 11.4. The number of nitrogens with two attached hydrogens (primary N) is 1. The highest BCUT2D eigenvalue weighted by Gasteiger charge is 2.34. The van der Waals surface area contributed by atoms with Gasteiger partial charge in [0, 0.05) is 13.1 Å². The van der Waals surface area contributed by atoms with E-state index in [1.807, 2.05) is 6.08 Å². The Kier molecular flexibility index (Phi) is 4.83. The molecule has 0 bridgehead atoms. The number of amides is 2. The van der Waals surface area contributed by atoms with Crippen LogP contribution in [0.1, 0.15) is 38.5 Å². The molecule has 4 nitrogen and oxygen atoms in total. The lowest BCUT2D eigenvalue weighted by Crippen LogP contribution is -2.33. The van der Waals surface area contributed by atoms with E-state index < -0.39 is 0 Å². The largest absolute Gasteiger partial charge is 0.329 e. The first kappa shape index (κ1) is 13.6. The molecule has 1 saturated carbocycles. The van der Waals surface area contributed by atoms with Crippen LogP contribution < -0.4 is 5.73 Å². The molecule has 2 fully saturated rings. The Morgan fingerprint density at radius 1 is 1.22 bits per heavy atom. The lowest BCUT2D eigenvalue weighted by atomic mass is 10.00. The summed E-state index contributed by atoms with van der Waals surface area (Å²) in [6.07, 6.45) is 9.34. The molecule has 18 heavy (non-hydrogen) atoms. The highest BCUT2D eigenvalue weighted by molar-refractivity contribution is 8.18. The Morgan fingerprint density at radius 2 is 1.89 bits per heavy atom. The molecule has 0 spiro atoms. The molecule has 2 amide bonds. The average molecular weight is 268 g/mol. The fourth-order valence-electron chi connectivity index (χ4n) is 2.53. The van der Waals surface area contributed by atoms with E-state index in [2.05, 4.69) is 0 Å². The van der Waals surface area contributed by atoms with Gasteiger partial charge in [-0.2, -0.15) is 0 Å². The number of allylic oxidation sites excluding steroid dienone is 1. The highest BCUT2D eigenvalue weighted by atomic mass is 32.2. The van der Waals surface area contributed by atoms with E-state index in [1.165, 1.54) is 30.6 Å². The molecular weight excluding hydrogens is 248 g/mol. The van der Waals surface area contributed by atoms with Crippen molar-refractivity contribution in [2.24, 2.45) is 11.7 Å². The third-order valence-corrected chi connectivity index (χ3v) is 4.44. The second kappa shape index (κ2) is 6.38. The number of hydrogen-bond acceptors (Lipinski definition) is 4. The molecule has 2 rings (SSSR count). The third kappa shape index (κ3) is 3.14. The maximum absolute atomic E-state index is 12.0. The van der Waals surface area contributed by atoms with Crippen LogP contribution in [-0.2, 0) is 4.79 Å². The summed E-state index contributed by atoms with van der Waals surface area (Å²) < 4.78 is 0. The second-order valence-corrected chi connectivity index (χ2v) is 5.89. The van der Waals surface area contributed by atoms with Gasteiger partial charge in [-0.15, -0.1) is 0 Å². The van der Waals surface area contributed by atoms with Crippen molar-refractivity contribution >= 4 is 22.9 Å². The van der Waals surface area contributed by atoms with Crippen molar-refractivity contribution in [2.45, 2.75) is 38.5 Å². The lowest BCUT2D eigenvalue weighted by Gasteiger charge is -2.11. The van der Waals surface area contributed by atoms with Crippen molar-refractivity contribution in [3.8, 4) is 0 Å². The van der Waals surface area contributed by atoms with Gasteiger partial charge in [-0.25, -0.2) is 0 Å². The van der Waals surface area contributed by atoms with Gasteiger partial charge >= 0.3 is 0 Å². The second-order valence-electron chi connectivity index (χ2n) is 4.90. The monoisotopic (exact) mass is 268 g/mol. The van der Waals surface area contributed by atoms with E-state index in [0.717, 1.165) is 24.6 Å². The molecule has 0 aromatic rings. The van der Waals surface area contributed by atoms with Crippen molar-refractivity contribution in [3.05, 3.63) is 11.0 Å². The fourth-order valence-corrected chi connectivity index (χ4v) is 3.46. The summed E-state index contributed by atoms with van der Waals surface area (Å²) in [5.74, 6) is 0.310. The number of thioether (sulfide) groups is 1. The Bertz CT molecular complexity index is 360. The molecule has 0 aromatic heterocycles. The molecule has 2 aliphatic rings. The van der Waals surface area contributed by atoms with Crippen LogP contribution in [0.4, 0.5) is 4.79 Å². The van der Waals surface area contributed by atoms with Gasteiger partial charge in [-0.05, 0) is 30.5 Å². The number of hydrogen-bond donors (Lipinski definition) is 1. The molecule has 1 aliphatic carbocycles. The minimum absolute atomic E-state index is 0.153. The first-order valence-corrected chi connectivity index (χ1v) is 7.49. The molecule has 1 heterocycles. The summed E-state index contributed by atoms with van der Waals surface area (Å²) in [5, 5.41) is -0.176. The van der Waals surface area contributed by atoms with Gasteiger partial charge in [0.15, 0.2) is 0 Å². The predicted octanol–water partition coefficient (Wildman–Crippen LogP) is 2.49. The molecule has 0 radical (unpaired) electrons. The Labute approximate surface area is 112 Å². The van der Waals surface area contributed by atoms with Crippen molar-refractivity contribution in [1.82, 2.24) is 4.90 Å². The Morgan fingerprint density at radius 3 is 2.50 bits per heavy atom. The van der Waals surface area contributed by atoms with Crippen LogP contribution in [0.3, 0.4) is 0 Å². The smallest absolute Gasteiger partial charge is 0.293 e. The summed E-state index contributed by atoms with van der Waals surface area (Å²) in [5.41, 5.74) is 5.41. The van der Waals surface area contributed by atoms with Crippen LogP contribution in [0.2, 0.25) is 0 Å². The fraction of sp³-hybridized carbons (Fsp3) is 0.692. The van der Waals surface area contributed by atoms with Crippen LogP contribution >= 0.6 is 11.8 Å². The van der Waals surface area contributed by atoms with E-state index in [1.54, 1.807) is 0 Å². The summed E-state index contributed by atoms with van der Waals surface area (Å²) in [6.45, 7) is 0.654. The van der Waals surface area contributed by atoms with Crippen molar-refractivity contribution < 1.29 is 9.59 Å². The van der Waals surface area contributed by atoms with Gasteiger partial charge in [-0.1, -0.05) is 31.8 Å². The molecular formula is C13H20N2O2S. The van der Waals surface area contributed by atoms with Gasteiger partial charge in [0.05, 0.1) is 4.91 Å². The number of carbonyl (C=O) groups is 2. The van der Waals surface area contributed by atoms with Crippen LogP contribution in [0, 0.1) is 5.92 Å². The average Bonchev–Trinajstić information content (AvgIpc) is 2.58. The van der Waals surface area contributed by atoms with Crippen LogP contribution in [0.25, 0.3) is 0 Å². The molecule has 100 valence electrons. The summed E-state index contributed by atoms with van der Waals surface area (Å²) in [7, 11) is 0. The van der Waals surface area contributed by atoms with Crippen molar-refractivity contribution in [3.63, 3.8) is 0 Å². The van der Waals surface area contributed by atoms with Crippen molar-refractivity contribution in [2.75, 3.05) is 13.1 Å². The number of carbonyl (C=O) groups excluding carboxylic acids is 2. The zero-order chi connectivity index (χ0) is 13.0. The predicted molar refractivity (Wildman–Crippen MR) is 73.0 cm³/mol. The normalized spacial score (nSPS) is 24.9. The van der Waals surface area contributed by atoms with Crippen molar-refractivity contribution in [1.29, 1.82) is 0 Å². The first-order valence-electron chi connectivity index (χ1n) is 6.68. The minimum Gasteiger partial charge on any atom is -0.329 e. The maximum atomic E-state index is 12.0. The van der Waals surface area contributed by atoms with E-state index in [4.69, 9.17) is 5.73 Å². The van der Waals surface area contributed by atoms with E-state index in [-0.39, 0.29) is 11.1 Å². The van der Waals surface area contributed by atoms with Gasteiger partial charge in [0.1, 0.15) is 0 Å². The number of nitrogens with zero attached hydrogens (tertiary/aromatic N) is 1. The number of rotatable bonds is 3. The van der Waals surface area contributed by atoms with Gasteiger partial charge in [0.25, 0.3) is 11.1 Å². The standard InChI is InChI=1S/C13H20N2O2S/c14-7-8-15-12(16)11(18-13(15)17)9-10-5-3-1-2-4-6-10/h9-10H,1-8,14H2. The lowest BCUT2D eigenvalue weighted by molar-refractivity contribution is -0.122. The molecule has 1 aliphatic heterocycles. The Hall–Kier alpha value is -0.810. The molecule has 0 atom stereocenters. The SMILES string of the molecule is NCCN1C(=O)SC(=CC2CCCCCC2)C1=O. The van der Waals surface area contributed by atoms with Gasteiger partial charge in [0.2, 0.25) is 0 Å². The van der Waals surface area contributed by atoms with E-state index >= 15 is 0 Å².